The second-order valence-electron chi connectivity index (χ2n) is 5.26. The van der Waals surface area contributed by atoms with Crippen molar-refractivity contribution in [1.29, 1.82) is 0 Å². The largest absolute Gasteiger partial charge is 0.465 e. The Morgan fingerprint density at radius 3 is 2.75 bits per heavy atom. The van der Waals surface area contributed by atoms with Gasteiger partial charge in [-0.05, 0) is 34.9 Å². The number of aromatic nitrogens is 2. The number of carbonyl (C=O) groups is 1. The first-order valence-electron chi connectivity index (χ1n) is 7.03. The maximum atomic E-state index is 12.2. The van der Waals surface area contributed by atoms with Crippen LogP contribution in [0.5, 0.6) is 0 Å². The van der Waals surface area contributed by atoms with Crippen LogP contribution in [0.2, 0.25) is 0 Å². The Kier molecular flexibility index (Phi) is 6.67. The van der Waals surface area contributed by atoms with E-state index in [1.165, 1.54) is 0 Å². The SMILES string of the molecule is CCOC(=O)C(NCCN(C)C)c1cncn1C(C)C. The number of hydrogen-bond acceptors (Lipinski definition) is 5. The Bertz CT molecular complexity index is 415. The minimum Gasteiger partial charge on any atom is -0.465 e. The number of nitrogens with one attached hydrogen (secondary N) is 1. The normalized spacial score (nSPS) is 12.9. The van der Waals surface area contributed by atoms with E-state index in [1.807, 2.05) is 25.6 Å². The molecule has 0 saturated heterocycles. The van der Waals surface area contributed by atoms with Crippen molar-refractivity contribution in [2.75, 3.05) is 33.8 Å². The summed E-state index contributed by atoms with van der Waals surface area (Å²) >= 11 is 0. The van der Waals surface area contributed by atoms with E-state index in [4.69, 9.17) is 4.74 Å². The van der Waals surface area contributed by atoms with Crippen LogP contribution in [0.25, 0.3) is 0 Å². The number of nitrogens with zero attached hydrogens (tertiary/aromatic N) is 3. The van der Waals surface area contributed by atoms with Gasteiger partial charge in [0.15, 0.2) is 0 Å². The van der Waals surface area contributed by atoms with Crippen molar-refractivity contribution in [3.05, 3.63) is 18.2 Å². The van der Waals surface area contributed by atoms with Crippen LogP contribution in [-0.4, -0.2) is 54.2 Å². The quantitative estimate of drug-likeness (QED) is 0.727. The third kappa shape index (κ3) is 4.61. The molecule has 1 rings (SSSR count). The Morgan fingerprint density at radius 1 is 1.50 bits per heavy atom. The van der Waals surface area contributed by atoms with Gasteiger partial charge in [-0.15, -0.1) is 0 Å². The number of hydrogen-bond donors (Lipinski definition) is 1. The van der Waals surface area contributed by atoms with Crippen LogP contribution in [0.15, 0.2) is 12.5 Å². The molecule has 0 aliphatic rings. The van der Waals surface area contributed by atoms with Crippen molar-refractivity contribution >= 4 is 5.97 Å². The van der Waals surface area contributed by atoms with E-state index in [0.29, 0.717) is 13.2 Å². The summed E-state index contributed by atoms with van der Waals surface area (Å²) in [4.78, 5) is 18.4. The van der Waals surface area contributed by atoms with Crippen LogP contribution >= 0.6 is 0 Å². The van der Waals surface area contributed by atoms with Crippen LogP contribution in [0.3, 0.4) is 0 Å². The average molecular weight is 282 g/mol. The van der Waals surface area contributed by atoms with Gasteiger partial charge in [-0.3, -0.25) is 5.32 Å². The molecule has 1 aromatic rings. The zero-order valence-corrected chi connectivity index (χ0v) is 13.1. The number of likely N-dealkylation sites (N-methyl/N-ethyl adjacent to an activating group) is 1. The van der Waals surface area contributed by atoms with E-state index in [0.717, 1.165) is 12.2 Å². The summed E-state index contributed by atoms with van der Waals surface area (Å²) in [6, 6.07) is -0.222. The molecule has 1 aromatic heterocycles. The van der Waals surface area contributed by atoms with Crippen LogP contribution in [-0.2, 0) is 9.53 Å². The van der Waals surface area contributed by atoms with Gasteiger partial charge in [-0.25, -0.2) is 9.78 Å². The Labute approximate surface area is 121 Å². The summed E-state index contributed by atoms with van der Waals surface area (Å²) in [7, 11) is 4.00. The number of esters is 1. The summed E-state index contributed by atoms with van der Waals surface area (Å²) in [5.41, 5.74) is 0.845. The molecule has 0 aliphatic heterocycles. The number of ether oxygens (including phenoxy) is 1. The summed E-state index contributed by atoms with van der Waals surface area (Å²) in [5.74, 6) is -0.256. The first-order chi connectivity index (χ1) is 9.47. The molecule has 0 spiro atoms. The van der Waals surface area contributed by atoms with E-state index in [-0.39, 0.29) is 12.0 Å². The summed E-state index contributed by atoms with van der Waals surface area (Å²) in [6.07, 6.45) is 3.48. The van der Waals surface area contributed by atoms with Crippen molar-refractivity contribution in [3.63, 3.8) is 0 Å². The van der Waals surface area contributed by atoms with Gasteiger partial charge >= 0.3 is 5.97 Å². The van der Waals surface area contributed by atoms with Gasteiger partial charge in [0.05, 0.1) is 24.8 Å². The maximum absolute atomic E-state index is 12.2. The molecule has 0 fully saturated rings. The molecule has 0 radical (unpaired) electrons. The topological polar surface area (TPSA) is 59.4 Å². The lowest BCUT2D eigenvalue weighted by atomic mass is 10.2. The predicted octanol–water partition coefficient (Wildman–Crippen LogP) is 1.22. The Morgan fingerprint density at radius 2 is 2.20 bits per heavy atom. The van der Waals surface area contributed by atoms with Crippen LogP contribution in [0, 0.1) is 0 Å². The van der Waals surface area contributed by atoms with Gasteiger partial charge < -0.3 is 14.2 Å². The molecule has 0 saturated carbocycles. The van der Waals surface area contributed by atoms with Crippen LogP contribution in [0.1, 0.15) is 38.5 Å². The predicted molar refractivity (Wildman–Crippen MR) is 78.5 cm³/mol. The molecule has 0 bridgehead atoms. The van der Waals surface area contributed by atoms with E-state index in [2.05, 4.69) is 29.0 Å². The molecular formula is C14H26N4O2. The molecule has 1 N–H and O–H groups in total. The van der Waals surface area contributed by atoms with Crippen LogP contribution < -0.4 is 5.32 Å². The molecule has 0 amide bonds. The highest BCUT2D eigenvalue weighted by molar-refractivity contribution is 5.77. The molecule has 6 nitrogen and oxygen atoms in total. The second-order valence-corrected chi connectivity index (χ2v) is 5.26. The number of rotatable bonds is 8. The van der Waals surface area contributed by atoms with Gasteiger partial charge in [0.1, 0.15) is 6.04 Å². The number of carbonyl (C=O) groups excluding carboxylic acids is 1. The fraction of sp³-hybridized carbons (Fsp3) is 0.714. The van der Waals surface area contributed by atoms with E-state index in [9.17, 15) is 4.79 Å². The van der Waals surface area contributed by atoms with Crippen molar-refractivity contribution in [2.45, 2.75) is 32.9 Å². The zero-order valence-electron chi connectivity index (χ0n) is 13.1. The van der Waals surface area contributed by atoms with Gasteiger partial charge in [-0.2, -0.15) is 0 Å². The highest BCUT2D eigenvalue weighted by Crippen LogP contribution is 2.18. The molecule has 1 unspecified atom stereocenters. The molecule has 1 atom stereocenters. The van der Waals surface area contributed by atoms with Crippen molar-refractivity contribution in [2.24, 2.45) is 0 Å². The highest BCUT2D eigenvalue weighted by Gasteiger charge is 2.25. The minimum absolute atomic E-state index is 0.250. The van der Waals surface area contributed by atoms with Gasteiger partial charge in [0, 0.05) is 19.1 Å². The smallest absolute Gasteiger partial charge is 0.329 e. The molecular weight excluding hydrogens is 256 g/mol. The van der Waals surface area contributed by atoms with Crippen molar-refractivity contribution in [3.8, 4) is 0 Å². The first-order valence-corrected chi connectivity index (χ1v) is 7.03. The fourth-order valence-electron chi connectivity index (χ4n) is 1.94. The van der Waals surface area contributed by atoms with Gasteiger partial charge in [-0.1, -0.05) is 0 Å². The highest BCUT2D eigenvalue weighted by atomic mass is 16.5. The minimum atomic E-state index is -0.472. The lowest BCUT2D eigenvalue weighted by molar-refractivity contribution is -0.146. The third-order valence-corrected chi connectivity index (χ3v) is 2.98. The molecule has 6 heteroatoms. The number of imidazole rings is 1. The summed E-state index contributed by atoms with van der Waals surface area (Å²) in [6.45, 7) is 7.88. The van der Waals surface area contributed by atoms with E-state index < -0.39 is 6.04 Å². The van der Waals surface area contributed by atoms with Crippen molar-refractivity contribution < 1.29 is 9.53 Å². The van der Waals surface area contributed by atoms with E-state index >= 15 is 0 Å². The molecule has 0 aliphatic carbocycles. The molecule has 20 heavy (non-hydrogen) atoms. The zero-order chi connectivity index (χ0) is 15.1. The Balaban J connectivity index is 2.85. The lowest BCUT2D eigenvalue weighted by Gasteiger charge is -2.21. The van der Waals surface area contributed by atoms with Crippen molar-refractivity contribution in [1.82, 2.24) is 19.8 Å². The summed E-state index contributed by atoms with van der Waals surface area (Å²) in [5, 5.41) is 3.26. The molecule has 114 valence electrons. The standard InChI is InChI=1S/C14H26N4O2/c1-6-20-14(19)13(16-7-8-17(4)5)12-9-15-10-18(12)11(2)3/h9-11,13,16H,6-8H2,1-5H3. The van der Waals surface area contributed by atoms with Gasteiger partial charge in [0.2, 0.25) is 0 Å². The average Bonchev–Trinajstić information content (AvgIpc) is 2.83. The van der Waals surface area contributed by atoms with Crippen LogP contribution in [0.4, 0.5) is 0 Å². The van der Waals surface area contributed by atoms with E-state index in [1.54, 1.807) is 12.5 Å². The maximum Gasteiger partial charge on any atom is 0.329 e. The summed E-state index contributed by atoms with van der Waals surface area (Å²) < 4.78 is 7.15. The Hall–Kier alpha value is -1.40. The van der Waals surface area contributed by atoms with Gasteiger partial charge in [0.25, 0.3) is 0 Å². The molecule has 1 heterocycles. The molecule has 0 aromatic carbocycles. The lowest BCUT2D eigenvalue weighted by Crippen LogP contribution is -2.36. The second kappa shape index (κ2) is 8.01. The first kappa shape index (κ1) is 16.7. The third-order valence-electron chi connectivity index (χ3n) is 2.98. The fourth-order valence-corrected chi connectivity index (χ4v) is 1.94. The monoisotopic (exact) mass is 282 g/mol.